The summed E-state index contributed by atoms with van der Waals surface area (Å²) >= 11 is 6.61. The lowest BCUT2D eigenvalue weighted by molar-refractivity contribution is -0.122. The average Bonchev–Trinajstić information content (AvgIpc) is 3.92. The summed E-state index contributed by atoms with van der Waals surface area (Å²) in [5.41, 5.74) is 11.4. The molecule has 4 aliphatic heterocycles. The summed E-state index contributed by atoms with van der Waals surface area (Å²) in [6.45, 7) is 4.25. The van der Waals surface area contributed by atoms with Crippen LogP contribution in [0.5, 0.6) is 0 Å². The first-order chi connectivity index (χ1) is 26.7. The molecule has 5 aromatic rings. The summed E-state index contributed by atoms with van der Waals surface area (Å²) < 4.78 is 22.9. The first-order valence-electron chi connectivity index (χ1n) is 18.1. The van der Waals surface area contributed by atoms with Crippen LogP contribution in [0.15, 0.2) is 79.0 Å². The van der Waals surface area contributed by atoms with Crippen LogP contribution in [-0.4, -0.2) is 90.4 Å². The molecule has 9 rings (SSSR count). The number of nitrogens with one attached hydrogen (secondary N) is 2. The van der Waals surface area contributed by atoms with Crippen LogP contribution in [0.1, 0.15) is 12.0 Å². The van der Waals surface area contributed by atoms with E-state index in [-0.39, 0.29) is 28.6 Å². The monoisotopic (exact) mass is 762 g/mol. The lowest BCUT2D eigenvalue weighted by Crippen LogP contribution is -2.60. The van der Waals surface area contributed by atoms with Crippen LogP contribution in [0.3, 0.4) is 0 Å². The molecule has 280 valence electrons. The number of hydrogen-bond acceptors (Lipinski definition) is 7. The average molecular weight is 763 g/mol. The third-order valence-electron chi connectivity index (χ3n) is 10.9. The second-order valence-corrected chi connectivity index (χ2v) is 14.4. The summed E-state index contributed by atoms with van der Waals surface area (Å²) in [5.74, 6) is -1.44. The second-order valence-electron chi connectivity index (χ2n) is 14.0. The van der Waals surface area contributed by atoms with Gasteiger partial charge in [-0.15, -0.1) is 0 Å². The lowest BCUT2D eigenvalue weighted by Gasteiger charge is -2.41. The minimum atomic E-state index is -0.923. The summed E-state index contributed by atoms with van der Waals surface area (Å²) in [6, 6.07) is 19.8. The Morgan fingerprint density at radius 1 is 0.909 bits per heavy atom. The SMILES string of the molecule is NC(=O)n1cc(N2CCN3CC[C@@H](C(=O)Nc4cccc(-c5ccc6c(c5Cl)NC(=O)C6)c4F)N3C2=O)c2ccc(-c3ccc(N4CCOCC4)cc3)cc21. The van der Waals surface area contributed by atoms with Crippen molar-refractivity contribution < 1.29 is 28.3 Å². The van der Waals surface area contributed by atoms with E-state index in [0.29, 0.717) is 67.1 Å². The number of fused-ring (bicyclic) bond motifs is 3. The smallest absolute Gasteiger partial charge is 0.339 e. The van der Waals surface area contributed by atoms with Gasteiger partial charge < -0.3 is 26.0 Å². The van der Waals surface area contributed by atoms with Crippen molar-refractivity contribution in [1.82, 2.24) is 14.6 Å². The number of ether oxygens (including phenoxy) is 1. The van der Waals surface area contributed by atoms with Crippen molar-refractivity contribution in [2.24, 2.45) is 5.73 Å². The van der Waals surface area contributed by atoms with E-state index in [1.807, 2.05) is 35.3 Å². The Kier molecular flexibility index (Phi) is 8.67. The van der Waals surface area contributed by atoms with Crippen molar-refractivity contribution in [2.75, 3.05) is 66.4 Å². The van der Waals surface area contributed by atoms with Crippen LogP contribution >= 0.6 is 11.6 Å². The Labute approximate surface area is 319 Å². The molecule has 4 N–H and O–H groups in total. The van der Waals surface area contributed by atoms with Crippen molar-refractivity contribution in [1.29, 1.82) is 0 Å². The van der Waals surface area contributed by atoms with E-state index in [0.717, 1.165) is 35.5 Å². The number of carbonyl (C=O) groups is 4. The van der Waals surface area contributed by atoms with Gasteiger partial charge in [0.05, 0.1) is 47.2 Å². The van der Waals surface area contributed by atoms with Crippen LogP contribution in [0.2, 0.25) is 5.02 Å². The molecule has 1 aromatic heterocycles. The van der Waals surface area contributed by atoms with Crippen molar-refractivity contribution >= 4 is 69.1 Å². The van der Waals surface area contributed by atoms with Crippen molar-refractivity contribution in [2.45, 2.75) is 18.9 Å². The zero-order valence-electron chi connectivity index (χ0n) is 29.6. The second kappa shape index (κ2) is 13.7. The highest BCUT2D eigenvalue weighted by atomic mass is 35.5. The third kappa shape index (κ3) is 6.02. The number of hydrogen-bond donors (Lipinski definition) is 3. The van der Waals surface area contributed by atoms with E-state index in [1.165, 1.54) is 15.6 Å². The van der Waals surface area contributed by atoms with Gasteiger partial charge >= 0.3 is 12.1 Å². The topological polar surface area (TPSA) is 145 Å². The number of primary amides is 1. The first-order valence-corrected chi connectivity index (χ1v) is 18.5. The zero-order valence-corrected chi connectivity index (χ0v) is 30.3. The molecule has 5 heterocycles. The van der Waals surface area contributed by atoms with E-state index in [2.05, 4.69) is 27.7 Å². The van der Waals surface area contributed by atoms with Crippen LogP contribution in [0.4, 0.5) is 36.7 Å². The molecule has 0 bridgehead atoms. The molecule has 0 radical (unpaired) electrons. The summed E-state index contributed by atoms with van der Waals surface area (Å²) in [6.07, 6.45) is 2.09. The molecule has 4 aromatic carbocycles. The minimum absolute atomic E-state index is 0.0704. The highest BCUT2D eigenvalue weighted by molar-refractivity contribution is 6.37. The number of morpholine rings is 1. The Morgan fingerprint density at radius 3 is 2.47 bits per heavy atom. The summed E-state index contributed by atoms with van der Waals surface area (Å²) in [5, 5.41) is 9.52. The van der Waals surface area contributed by atoms with Crippen molar-refractivity contribution in [3.63, 3.8) is 0 Å². The van der Waals surface area contributed by atoms with Gasteiger partial charge in [-0.3, -0.25) is 19.1 Å². The normalized spacial score (nSPS) is 18.4. The van der Waals surface area contributed by atoms with Crippen molar-refractivity contribution in [3.8, 4) is 22.3 Å². The predicted octanol–water partition coefficient (Wildman–Crippen LogP) is 5.90. The molecular weight excluding hydrogens is 727 g/mol. The number of nitrogens with zero attached hydrogens (tertiary/aromatic N) is 5. The maximum Gasteiger partial charge on any atom is 0.339 e. The number of halogens is 2. The number of urea groups is 1. The molecule has 3 fully saturated rings. The Hall–Kier alpha value is -5.96. The number of carbonyl (C=O) groups excluding carboxylic acids is 4. The fourth-order valence-corrected chi connectivity index (χ4v) is 8.39. The Bertz CT molecular complexity index is 2410. The fourth-order valence-electron chi connectivity index (χ4n) is 8.06. The maximum absolute atomic E-state index is 16.0. The van der Waals surface area contributed by atoms with E-state index < -0.39 is 29.8 Å². The van der Waals surface area contributed by atoms with Gasteiger partial charge in [-0.05, 0) is 47.4 Å². The fraction of sp³-hybridized carbons (Fsp3) is 0.250. The molecule has 5 amide bonds. The highest BCUT2D eigenvalue weighted by Crippen LogP contribution is 2.41. The number of nitrogens with two attached hydrogens (primary N) is 1. The third-order valence-corrected chi connectivity index (χ3v) is 11.2. The molecule has 0 unspecified atom stereocenters. The van der Waals surface area contributed by atoms with Gasteiger partial charge in [-0.1, -0.05) is 60.1 Å². The van der Waals surface area contributed by atoms with E-state index in [1.54, 1.807) is 35.4 Å². The van der Waals surface area contributed by atoms with Gasteiger partial charge in [0.25, 0.3) is 0 Å². The molecule has 0 saturated carbocycles. The Balaban J connectivity index is 0.965. The van der Waals surface area contributed by atoms with E-state index in [9.17, 15) is 19.2 Å². The van der Waals surface area contributed by atoms with Gasteiger partial charge in [-0.2, -0.15) is 0 Å². The van der Waals surface area contributed by atoms with Gasteiger partial charge in [0.2, 0.25) is 11.8 Å². The van der Waals surface area contributed by atoms with Gasteiger partial charge in [0.1, 0.15) is 6.04 Å². The first kappa shape index (κ1) is 34.8. The highest BCUT2D eigenvalue weighted by Gasteiger charge is 2.45. The zero-order chi connectivity index (χ0) is 38.0. The molecule has 0 spiro atoms. The maximum atomic E-state index is 16.0. The number of benzene rings is 4. The van der Waals surface area contributed by atoms with Gasteiger partial charge in [0.15, 0.2) is 5.82 Å². The molecule has 4 aliphatic rings. The standard InChI is InChI=1S/C40H36ClFN8O5/c41-35-27(10-7-25-21-34(51)45-37(25)35)28-2-1-3-30(36(28)42)44-38(52)31-12-13-47-14-15-48(40(54)50(31)47)33-22-49(39(43)53)32-20-24(6-11-29(32)33)23-4-8-26(9-5-23)46-16-18-55-19-17-46/h1-11,20,22,31H,12-19,21H2,(H2,43,53)(H,44,52)(H,45,51)/t31-/m0/s1. The Morgan fingerprint density at radius 2 is 1.69 bits per heavy atom. The summed E-state index contributed by atoms with van der Waals surface area (Å²) in [4.78, 5) is 56.6. The number of amides is 5. The number of anilines is 4. The van der Waals surface area contributed by atoms with Gasteiger partial charge in [-0.25, -0.2) is 24.0 Å². The number of aromatic nitrogens is 1. The molecule has 55 heavy (non-hydrogen) atoms. The van der Waals surface area contributed by atoms with Crippen LogP contribution in [0, 0.1) is 5.82 Å². The minimum Gasteiger partial charge on any atom is -0.378 e. The molecule has 15 heteroatoms. The summed E-state index contributed by atoms with van der Waals surface area (Å²) in [7, 11) is 0. The molecule has 0 aliphatic carbocycles. The lowest BCUT2D eigenvalue weighted by atomic mass is 10.0. The number of hydrazine groups is 1. The van der Waals surface area contributed by atoms with Gasteiger partial charge in [0, 0.05) is 61.1 Å². The van der Waals surface area contributed by atoms with E-state index >= 15 is 4.39 Å². The predicted molar refractivity (Wildman–Crippen MR) is 208 cm³/mol. The number of rotatable bonds is 6. The molecule has 3 saturated heterocycles. The quantitative estimate of drug-likeness (QED) is 0.196. The van der Waals surface area contributed by atoms with Crippen LogP contribution in [-0.2, 0) is 20.7 Å². The van der Waals surface area contributed by atoms with Crippen LogP contribution < -0.4 is 26.2 Å². The van der Waals surface area contributed by atoms with Crippen LogP contribution in [0.25, 0.3) is 33.2 Å². The largest absolute Gasteiger partial charge is 0.378 e. The molecule has 1 atom stereocenters. The van der Waals surface area contributed by atoms with E-state index in [4.69, 9.17) is 22.1 Å². The molecule has 13 nitrogen and oxygen atoms in total. The van der Waals surface area contributed by atoms with Crippen molar-refractivity contribution in [3.05, 3.63) is 95.4 Å². The molecular formula is C40H36ClFN8O5.